The van der Waals surface area contributed by atoms with Crippen LogP contribution in [-0.2, 0) is 0 Å². The zero-order valence-corrected chi connectivity index (χ0v) is 10.9. The number of halogens is 1. The molecule has 0 saturated carbocycles. The van der Waals surface area contributed by atoms with E-state index >= 15 is 0 Å². The maximum Gasteiger partial charge on any atom is 0.339 e. The van der Waals surface area contributed by atoms with E-state index in [-0.39, 0.29) is 11.4 Å². The molecule has 2 rings (SSSR count). The van der Waals surface area contributed by atoms with Crippen LogP contribution in [0, 0.1) is 26.6 Å². The molecule has 5 heteroatoms. The van der Waals surface area contributed by atoms with Gasteiger partial charge in [0, 0.05) is 5.56 Å². The molecule has 2 aromatic rings. The molecule has 0 fully saturated rings. The number of nitrogens with zero attached hydrogens (tertiary/aromatic N) is 2. The van der Waals surface area contributed by atoms with Crippen LogP contribution in [-0.4, -0.2) is 21.0 Å². The monoisotopic (exact) mass is 260 g/mol. The van der Waals surface area contributed by atoms with Gasteiger partial charge >= 0.3 is 5.97 Å². The van der Waals surface area contributed by atoms with Gasteiger partial charge in [0.25, 0.3) is 0 Å². The molecule has 0 aliphatic rings. The highest BCUT2D eigenvalue weighted by Gasteiger charge is 2.18. The molecule has 0 aliphatic heterocycles. The van der Waals surface area contributed by atoms with Gasteiger partial charge in [0.15, 0.2) is 0 Å². The largest absolute Gasteiger partial charge is 0.478 e. The summed E-state index contributed by atoms with van der Waals surface area (Å²) in [6.45, 7) is 4.94. The molecule has 98 valence electrons. The normalized spacial score (nSPS) is 10.5. The first kappa shape index (κ1) is 13.1. The lowest BCUT2D eigenvalue weighted by Crippen LogP contribution is -2.08. The van der Waals surface area contributed by atoms with E-state index in [0.29, 0.717) is 28.3 Å². The first-order valence-corrected chi connectivity index (χ1v) is 5.75. The molecule has 1 aromatic carbocycles. The van der Waals surface area contributed by atoms with Crippen molar-refractivity contribution < 1.29 is 14.3 Å². The minimum Gasteiger partial charge on any atom is -0.478 e. The number of aromatic nitrogens is 2. The molecule has 1 aromatic heterocycles. The lowest BCUT2D eigenvalue weighted by Gasteiger charge is -2.10. The second-order valence-corrected chi connectivity index (χ2v) is 4.35. The summed E-state index contributed by atoms with van der Waals surface area (Å²) in [6, 6.07) is 4.42. The SMILES string of the molecule is Cc1nc(C)c(C(=O)O)c(-c2ccc(F)c(C)c2)n1. The summed E-state index contributed by atoms with van der Waals surface area (Å²) in [7, 11) is 0. The van der Waals surface area contributed by atoms with E-state index in [1.54, 1.807) is 26.8 Å². The van der Waals surface area contributed by atoms with Crippen LogP contribution in [0.4, 0.5) is 4.39 Å². The molecule has 0 unspecified atom stereocenters. The van der Waals surface area contributed by atoms with Gasteiger partial charge in [0.1, 0.15) is 17.2 Å². The molecule has 1 heterocycles. The number of carboxylic acids is 1. The molecule has 0 saturated heterocycles. The van der Waals surface area contributed by atoms with Crippen molar-refractivity contribution >= 4 is 5.97 Å². The molecule has 19 heavy (non-hydrogen) atoms. The Morgan fingerprint density at radius 2 is 1.89 bits per heavy atom. The zero-order valence-electron chi connectivity index (χ0n) is 10.9. The molecule has 1 N–H and O–H groups in total. The Labute approximate surface area is 110 Å². The van der Waals surface area contributed by atoms with Crippen LogP contribution in [0.5, 0.6) is 0 Å². The summed E-state index contributed by atoms with van der Waals surface area (Å²) in [4.78, 5) is 19.6. The fourth-order valence-electron chi connectivity index (χ4n) is 1.97. The van der Waals surface area contributed by atoms with E-state index in [2.05, 4.69) is 9.97 Å². The second-order valence-electron chi connectivity index (χ2n) is 4.35. The predicted molar refractivity (Wildman–Crippen MR) is 68.6 cm³/mol. The summed E-state index contributed by atoms with van der Waals surface area (Å²) in [5, 5.41) is 9.27. The lowest BCUT2D eigenvalue weighted by molar-refractivity contribution is 0.0696. The smallest absolute Gasteiger partial charge is 0.339 e. The van der Waals surface area contributed by atoms with Crippen molar-refractivity contribution in [3.8, 4) is 11.3 Å². The van der Waals surface area contributed by atoms with Gasteiger partial charge < -0.3 is 5.11 Å². The predicted octanol–water partition coefficient (Wildman–Crippen LogP) is 2.91. The third-order valence-electron chi connectivity index (χ3n) is 2.85. The van der Waals surface area contributed by atoms with Gasteiger partial charge in [-0.25, -0.2) is 19.2 Å². The Bertz CT molecular complexity index is 669. The van der Waals surface area contributed by atoms with Gasteiger partial charge in [-0.1, -0.05) is 0 Å². The Balaban J connectivity index is 2.73. The second kappa shape index (κ2) is 4.76. The van der Waals surface area contributed by atoms with E-state index in [4.69, 9.17) is 0 Å². The van der Waals surface area contributed by atoms with Crippen molar-refractivity contribution in [3.05, 3.63) is 46.7 Å². The summed E-state index contributed by atoms with van der Waals surface area (Å²) in [6.07, 6.45) is 0. The highest BCUT2D eigenvalue weighted by atomic mass is 19.1. The fraction of sp³-hybridized carbons (Fsp3) is 0.214. The first-order chi connectivity index (χ1) is 8.90. The van der Waals surface area contributed by atoms with E-state index < -0.39 is 5.97 Å². The molecule has 4 nitrogen and oxygen atoms in total. The van der Waals surface area contributed by atoms with Gasteiger partial charge in [-0.05, 0) is 44.5 Å². The average molecular weight is 260 g/mol. The molecule has 0 atom stereocenters. The third kappa shape index (κ3) is 2.45. The van der Waals surface area contributed by atoms with Crippen LogP contribution in [0.1, 0.15) is 27.4 Å². The van der Waals surface area contributed by atoms with Gasteiger partial charge in [-0.15, -0.1) is 0 Å². The van der Waals surface area contributed by atoms with Gasteiger partial charge in [-0.2, -0.15) is 0 Å². The molecule has 0 spiro atoms. The highest BCUT2D eigenvalue weighted by molar-refractivity contribution is 5.95. The van der Waals surface area contributed by atoms with Gasteiger partial charge in [0.05, 0.1) is 11.4 Å². The Kier molecular flexibility index (Phi) is 3.29. The Morgan fingerprint density at radius 1 is 1.21 bits per heavy atom. The van der Waals surface area contributed by atoms with Crippen molar-refractivity contribution in [2.24, 2.45) is 0 Å². The number of hydrogen-bond acceptors (Lipinski definition) is 3. The van der Waals surface area contributed by atoms with E-state index in [1.807, 2.05) is 0 Å². The van der Waals surface area contributed by atoms with E-state index in [9.17, 15) is 14.3 Å². The topological polar surface area (TPSA) is 63.1 Å². The van der Waals surface area contributed by atoms with Crippen LogP contribution in [0.25, 0.3) is 11.3 Å². The number of rotatable bonds is 2. The maximum absolute atomic E-state index is 13.3. The number of aromatic carboxylic acids is 1. The van der Waals surface area contributed by atoms with Crippen LogP contribution >= 0.6 is 0 Å². The molecule has 0 amide bonds. The van der Waals surface area contributed by atoms with Crippen molar-refractivity contribution in [2.75, 3.05) is 0 Å². The molecular weight excluding hydrogens is 247 g/mol. The average Bonchev–Trinajstić information content (AvgIpc) is 2.31. The maximum atomic E-state index is 13.3. The molecule has 0 radical (unpaired) electrons. The zero-order chi connectivity index (χ0) is 14.2. The third-order valence-corrected chi connectivity index (χ3v) is 2.85. The molecule has 0 bridgehead atoms. The Morgan fingerprint density at radius 3 is 2.47 bits per heavy atom. The van der Waals surface area contributed by atoms with Crippen molar-refractivity contribution in [3.63, 3.8) is 0 Å². The van der Waals surface area contributed by atoms with Gasteiger partial charge in [-0.3, -0.25) is 0 Å². The Hall–Kier alpha value is -2.30. The number of carboxylic acid groups (broad SMARTS) is 1. The summed E-state index contributed by atoms with van der Waals surface area (Å²) in [5.74, 6) is -0.933. The fourth-order valence-corrected chi connectivity index (χ4v) is 1.97. The standard InChI is InChI=1S/C14H13FN2O2/c1-7-6-10(4-5-11(7)15)13-12(14(18)19)8(2)16-9(3)17-13/h4-6H,1-3H3,(H,18,19). The number of carbonyl (C=O) groups is 1. The minimum atomic E-state index is -1.09. The minimum absolute atomic E-state index is 0.0524. The van der Waals surface area contributed by atoms with Crippen LogP contribution in [0.3, 0.4) is 0 Å². The molecule has 0 aliphatic carbocycles. The van der Waals surface area contributed by atoms with E-state index in [1.165, 1.54) is 12.1 Å². The summed E-state index contributed by atoms with van der Waals surface area (Å²) < 4.78 is 13.3. The van der Waals surface area contributed by atoms with Crippen LogP contribution in [0.2, 0.25) is 0 Å². The van der Waals surface area contributed by atoms with Crippen LogP contribution in [0.15, 0.2) is 18.2 Å². The summed E-state index contributed by atoms with van der Waals surface area (Å²) >= 11 is 0. The van der Waals surface area contributed by atoms with Crippen LogP contribution < -0.4 is 0 Å². The van der Waals surface area contributed by atoms with Crippen molar-refractivity contribution in [1.82, 2.24) is 9.97 Å². The number of hydrogen-bond donors (Lipinski definition) is 1. The first-order valence-electron chi connectivity index (χ1n) is 5.75. The lowest BCUT2D eigenvalue weighted by atomic mass is 10.0. The number of benzene rings is 1. The van der Waals surface area contributed by atoms with Crippen molar-refractivity contribution in [2.45, 2.75) is 20.8 Å². The van der Waals surface area contributed by atoms with E-state index in [0.717, 1.165) is 0 Å². The van der Waals surface area contributed by atoms with Crippen molar-refractivity contribution in [1.29, 1.82) is 0 Å². The van der Waals surface area contributed by atoms with Gasteiger partial charge in [0.2, 0.25) is 0 Å². The molecular formula is C14H13FN2O2. The summed E-state index contributed by atoms with van der Waals surface area (Å²) in [5.41, 5.74) is 1.79. The number of aryl methyl sites for hydroxylation is 3. The highest BCUT2D eigenvalue weighted by Crippen LogP contribution is 2.25. The quantitative estimate of drug-likeness (QED) is 0.901.